The number of H-pyrrole nitrogens is 1. The minimum atomic E-state index is -0.175. The first-order chi connectivity index (χ1) is 15.9. The summed E-state index contributed by atoms with van der Waals surface area (Å²) >= 11 is 0. The van der Waals surface area contributed by atoms with Crippen molar-refractivity contribution in [3.05, 3.63) is 71.0 Å². The summed E-state index contributed by atoms with van der Waals surface area (Å²) in [6, 6.07) is 15.4. The minimum Gasteiger partial charge on any atom is -0.496 e. The number of methoxy groups -OCH3 is 1. The molecule has 0 radical (unpaired) electrons. The number of amides is 2. The standard InChI is InChI=1S/C26H28N4O3/c1-16-21(25(31)27-11-12-30(2)3)14-18(28-16)15-22-20-10-9-17(13-23(20)29-26(22)32)19-7-5-6-8-24(19)33-4/h5-10,13-15,28H,11-12H2,1-4H3,(H,27,31)(H,29,32). The highest BCUT2D eigenvalue weighted by molar-refractivity contribution is 6.35. The number of aromatic nitrogens is 1. The van der Waals surface area contributed by atoms with Crippen molar-refractivity contribution in [2.75, 3.05) is 39.6 Å². The van der Waals surface area contributed by atoms with E-state index in [0.717, 1.165) is 40.4 Å². The molecule has 7 nitrogen and oxygen atoms in total. The van der Waals surface area contributed by atoms with Crippen LogP contribution in [-0.2, 0) is 4.79 Å². The van der Waals surface area contributed by atoms with Gasteiger partial charge in [0, 0.05) is 41.3 Å². The molecule has 0 saturated heterocycles. The number of carbonyl (C=O) groups is 2. The van der Waals surface area contributed by atoms with Gasteiger partial charge in [0.05, 0.1) is 18.2 Å². The van der Waals surface area contributed by atoms with Crippen molar-refractivity contribution >= 4 is 29.2 Å². The third kappa shape index (κ3) is 4.68. The Balaban J connectivity index is 1.60. The molecule has 1 aromatic heterocycles. The van der Waals surface area contributed by atoms with Crippen LogP contribution in [-0.4, -0.2) is 56.0 Å². The molecule has 1 aliphatic heterocycles. The van der Waals surface area contributed by atoms with Gasteiger partial charge in [-0.1, -0.05) is 30.3 Å². The number of anilines is 1. The van der Waals surface area contributed by atoms with Crippen LogP contribution in [0.3, 0.4) is 0 Å². The highest BCUT2D eigenvalue weighted by Gasteiger charge is 2.25. The maximum atomic E-state index is 12.7. The Morgan fingerprint density at radius 3 is 2.67 bits per heavy atom. The Morgan fingerprint density at radius 1 is 1.12 bits per heavy atom. The van der Waals surface area contributed by atoms with Crippen LogP contribution in [0.25, 0.3) is 22.8 Å². The first-order valence-corrected chi connectivity index (χ1v) is 10.8. The van der Waals surface area contributed by atoms with Gasteiger partial charge >= 0.3 is 0 Å². The number of aryl methyl sites for hydroxylation is 1. The predicted molar refractivity (Wildman–Crippen MR) is 131 cm³/mol. The maximum Gasteiger partial charge on any atom is 0.256 e. The van der Waals surface area contributed by atoms with Gasteiger partial charge in [-0.15, -0.1) is 0 Å². The van der Waals surface area contributed by atoms with Crippen LogP contribution in [0.2, 0.25) is 0 Å². The van der Waals surface area contributed by atoms with E-state index in [1.165, 1.54) is 0 Å². The lowest BCUT2D eigenvalue weighted by atomic mass is 9.99. The fourth-order valence-corrected chi connectivity index (χ4v) is 3.93. The van der Waals surface area contributed by atoms with Gasteiger partial charge in [0.1, 0.15) is 5.75 Å². The number of hydrogen-bond donors (Lipinski definition) is 3. The second-order valence-corrected chi connectivity index (χ2v) is 8.30. The lowest BCUT2D eigenvalue weighted by molar-refractivity contribution is -0.110. The quantitative estimate of drug-likeness (QED) is 0.484. The second kappa shape index (κ2) is 9.34. The largest absolute Gasteiger partial charge is 0.496 e. The maximum absolute atomic E-state index is 12.7. The van der Waals surface area contributed by atoms with E-state index < -0.39 is 0 Å². The molecule has 33 heavy (non-hydrogen) atoms. The fraction of sp³-hybridized carbons (Fsp3) is 0.231. The van der Waals surface area contributed by atoms with Crippen LogP contribution in [0.1, 0.15) is 27.3 Å². The van der Waals surface area contributed by atoms with Gasteiger partial charge in [0.15, 0.2) is 0 Å². The SMILES string of the molecule is COc1ccccc1-c1ccc2c(c1)NC(=O)C2=Cc1cc(C(=O)NCCN(C)C)c(C)[nH]1. The van der Waals surface area contributed by atoms with Gasteiger partial charge < -0.3 is 25.3 Å². The van der Waals surface area contributed by atoms with E-state index in [-0.39, 0.29) is 11.8 Å². The minimum absolute atomic E-state index is 0.132. The monoisotopic (exact) mass is 444 g/mol. The van der Waals surface area contributed by atoms with Crippen LogP contribution < -0.4 is 15.4 Å². The summed E-state index contributed by atoms with van der Waals surface area (Å²) in [5.74, 6) is 0.468. The van der Waals surface area contributed by atoms with E-state index in [0.29, 0.717) is 23.4 Å². The highest BCUT2D eigenvalue weighted by atomic mass is 16.5. The molecule has 170 valence electrons. The molecule has 2 amide bonds. The number of ether oxygens (including phenoxy) is 1. The number of fused-ring (bicyclic) bond motifs is 1. The van der Waals surface area contributed by atoms with Crippen molar-refractivity contribution < 1.29 is 14.3 Å². The average molecular weight is 445 g/mol. The second-order valence-electron chi connectivity index (χ2n) is 8.30. The summed E-state index contributed by atoms with van der Waals surface area (Å²) in [7, 11) is 5.56. The topological polar surface area (TPSA) is 86.5 Å². The number of aromatic amines is 1. The molecule has 0 atom stereocenters. The van der Waals surface area contributed by atoms with E-state index in [1.807, 2.05) is 68.4 Å². The zero-order valence-electron chi connectivity index (χ0n) is 19.3. The number of rotatable bonds is 7. The van der Waals surface area contributed by atoms with Crippen LogP contribution in [0.15, 0.2) is 48.5 Å². The molecule has 3 N–H and O–H groups in total. The third-order valence-electron chi connectivity index (χ3n) is 5.65. The Kier molecular flexibility index (Phi) is 6.33. The first kappa shape index (κ1) is 22.4. The molecule has 2 aromatic carbocycles. The van der Waals surface area contributed by atoms with Crippen molar-refractivity contribution in [2.24, 2.45) is 0 Å². The van der Waals surface area contributed by atoms with Crippen molar-refractivity contribution in [3.63, 3.8) is 0 Å². The summed E-state index contributed by atoms with van der Waals surface area (Å²) in [4.78, 5) is 30.5. The van der Waals surface area contributed by atoms with E-state index in [4.69, 9.17) is 4.74 Å². The fourth-order valence-electron chi connectivity index (χ4n) is 3.93. The summed E-state index contributed by atoms with van der Waals surface area (Å²) in [5, 5.41) is 5.87. The first-order valence-electron chi connectivity index (χ1n) is 10.8. The third-order valence-corrected chi connectivity index (χ3v) is 5.65. The summed E-state index contributed by atoms with van der Waals surface area (Å²) < 4.78 is 5.47. The van der Waals surface area contributed by atoms with Gasteiger partial charge in [-0.2, -0.15) is 0 Å². The zero-order valence-corrected chi connectivity index (χ0v) is 19.3. The normalized spacial score (nSPS) is 13.8. The Hall–Kier alpha value is -3.84. The van der Waals surface area contributed by atoms with Crippen molar-refractivity contribution in [1.82, 2.24) is 15.2 Å². The average Bonchev–Trinajstić information content (AvgIpc) is 3.32. The molecule has 1 aliphatic rings. The molecule has 0 saturated carbocycles. The summed E-state index contributed by atoms with van der Waals surface area (Å²) in [5.41, 5.74) is 6.08. The molecule has 0 spiro atoms. The van der Waals surface area contributed by atoms with Gasteiger partial charge in [0.2, 0.25) is 0 Å². The van der Waals surface area contributed by atoms with Crippen LogP contribution in [0.5, 0.6) is 5.75 Å². The van der Waals surface area contributed by atoms with Gasteiger partial charge in [-0.05, 0) is 50.9 Å². The van der Waals surface area contributed by atoms with Gasteiger partial charge in [0.25, 0.3) is 11.8 Å². The van der Waals surface area contributed by atoms with E-state index in [9.17, 15) is 9.59 Å². The number of likely N-dealkylation sites (N-methyl/N-ethyl adjacent to an activating group) is 1. The van der Waals surface area contributed by atoms with E-state index >= 15 is 0 Å². The Labute approximate surface area is 193 Å². The molecular formula is C26H28N4O3. The van der Waals surface area contributed by atoms with Gasteiger partial charge in [-0.3, -0.25) is 9.59 Å². The molecule has 7 heteroatoms. The smallest absolute Gasteiger partial charge is 0.256 e. The molecule has 0 fully saturated rings. The number of carbonyl (C=O) groups excluding carboxylic acids is 2. The van der Waals surface area contributed by atoms with Gasteiger partial charge in [-0.25, -0.2) is 0 Å². The number of nitrogens with zero attached hydrogens (tertiary/aromatic N) is 1. The number of hydrogen-bond acceptors (Lipinski definition) is 4. The number of nitrogens with one attached hydrogen (secondary N) is 3. The number of para-hydroxylation sites is 1. The molecule has 0 bridgehead atoms. The summed E-state index contributed by atoms with van der Waals surface area (Å²) in [6.07, 6.45) is 1.79. The molecule has 3 aromatic rings. The Morgan fingerprint density at radius 2 is 1.91 bits per heavy atom. The van der Waals surface area contributed by atoms with E-state index in [1.54, 1.807) is 19.3 Å². The van der Waals surface area contributed by atoms with Crippen molar-refractivity contribution in [3.8, 4) is 16.9 Å². The highest BCUT2D eigenvalue weighted by Crippen LogP contribution is 2.38. The van der Waals surface area contributed by atoms with Crippen LogP contribution in [0, 0.1) is 6.92 Å². The van der Waals surface area contributed by atoms with Crippen molar-refractivity contribution in [2.45, 2.75) is 6.92 Å². The lowest BCUT2D eigenvalue weighted by Gasteiger charge is -2.10. The van der Waals surface area contributed by atoms with Crippen LogP contribution in [0.4, 0.5) is 5.69 Å². The number of benzene rings is 2. The molecule has 0 unspecified atom stereocenters. The van der Waals surface area contributed by atoms with E-state index in [2.05, 4.69) is 15.6 Å². The Bertz CT molecular complexity index is 1240. The molecule has 4 rings (SSSR count). The molecular weight excluding hydrogens is 416 g/mol. The summed E-state index contributed by atoms with van der Waals surface area (Å²) in [6.45, 7) is 3.18. The molecule has 2 heterocycles. The predicted octanol–water partition coefficient (Wildman–Crippen LogP) is 3.78. The van der Waals surface area contributed by atoms with Crippen molar-refractivity contribution in [1.29, 1.82) is 0 Å². The molecule has 0 aliphatic carbocycles. The lowest BCUT2D eigenvalue weighted by Crippen LogP contribution is -2.31. The zero-order chi connectivity index (χ0) is 23.5. The van der Waals surface area contributed by atoms with Crippen LogP contribution >= 0.6 is 0 Å².